The highest BCUT2D eigenvalue weighted by Crippen LogP contribution is 2.43. The van der Waals surface area contributed by atoms with Crippen molar-refractivity contribution >= 4 is 58.3 Å². The molecule has 0 radical (unpaired) electrons. The lowest BCUT2D eigenvalue weighted by Crippen LogP contribution is -2.46. The average Bonchev–Trinajstić information content (AvgIpc) is 2.93. The monoisotopic (exact) mass is 600 g/mol. The van der Waals surface area contributed by atoms with Gasteiger partial charge in [-0.2, -0.15) is 0 Å². The molecule has 3 unspecified atom stereocenters. The summed E-state index contributed by atoms with van der Waals surface area (Å²) in [6.07, 6.45) is 2.26. The van der Waals surface area contributed by atoms with E-state index in [0.717, 1.165) is 16.7 Å². The number of halogens is 4. The van der Waals surface area contributed by atoms with Crippen molar-refractivity contribution < 1.29 is 19.1 Å². The van der Waals surface area contributed by atoms with Gasteiger partial charge < -0.3 is 20.1 Å². The van der Waals surface area contributed by atoms with Crippen LogP contribution >= 0.6 is 46.4 Å². The number of ether oxygens (including phenoxy) is 2. The maximum Gasteiger partial charge on any atom is 0.343 e. The maximum atomic E-state index is 12.8. The molecule has 2 heterocycles. The number of carbonyl (C=O) groups is 2. The molecule has 4 rings (SSSR count). The van der Waals surface area contributed by atoms with Crippen molar-refractivity contribution in [2.45, 2.75) is 59.6 Å². The zero-order chi connectivity index (χ0) is 27.4. The van der Waals surface area contributed by atoms with Gasteiger partial charge in [0.25, 0.3) is 0 Å². The van der Waals surface area contributed by atoms with Crippen LogP contribution in [0.2, 0.25) is 0 Å². The van der Waals surface area contributed by atoms with Crippen molar-refractivity contribution in [1.82, 2.24) is 10.6 Å². The molecule has 38 heavy (non-hydrogen) atoms. The third-order valence-electron chi connectivity index (χ3n) is 7.31. The van der Waals surface area contributed by atoms with Gasteiger partial charge in [0.1, 0.15) is 16.6 Å². The summed E-state index contributed by atoms with van der Waals surface area (Å²) in [5.41, 5.74) is 1.04. The highest BCUT2D eigenvalue weighted by molar-refractivity contribution is 6.57. The average molecular weight is 602 g/mol. The van der Waals surface area contributed by atoms with Gasteiger partial charge in [0, 0.05) is 37.6 Å². The lowest BCUT2D eigenvalue weighted by Gasteiger charge is -2.42. The van der Waals surface area contributed by atoms with Crippen molar-refractivity contribution in [2.24, 2.45) is 0 Å². The second-order valence-electron chi connectivity index (χ2n) is 10.0. The van der Waals surface area contributed by atoms with Gasteiger partial charge in [-0.3, -0.25) is 4.79 Å². The summed E-state index contributed by atoms with van der Waals surface area (Å²) >= 11 is 24.1. The number of carbonyl (C=O) groups excluding carboxylic acids is 2. The van der Waals surface area contributed by atoms with Crippen LogP contribution in [0.5, 0.6) is 0 Å². The minimum absolute atomic E-state index is 0.0334. The number of rotatable bonds is 8. The van der Waals surface area contributed by atoms with Crippen LogP contribution in [-0.4, -0.2) is 47.2 Å². The number of benzene rings is 2. The van der Waals surface area contributed by atoms with E-state index in [1.54, 1.807) is 0 Å². The topological polar surface area (TPSA) is 76.7 Å². The molecule has 6 nitrogen and oxygen atoms in total. The molecular weight excluding hydrogens is 570 g/mol. The molecule has 0 aromatic heterocycles. The Morgan fingerprint density at radius 2 is 1.63 bits per heavy atom. The predicted molar refractivity (Wildman–Crippen MR) is 151 cm³/mol. The van der Waals surface area contributed by atoms with Crippen LogP contribution in [0.3, 0.4) is 0 Å². The fourth-order valence-electron chi connectivity index (χ4n) is 5.25. The molecule has 2 aliphatic heterocycles. The van der Waals surface area contributed by atoms with Crippen LogP contribution < -0.4 is 10.6 Å². The van der Waals surface area contributed by atoms with Gasteiger partial charge in [0.2, 0.25) is 4.33 Å². The van der Waals surface area contributed by atoms with Gasteiger partial charge in [-0.1, -0.05) is 77.8 Å². The summed E-state index contributed by atoms with van der Waals surface area (Å²) in [5, 5.41) is 5.96. The third kappa shape index (κ3) is 6.60. The molecule has 0 saturated carbocycles. The molecular formula is C28H32Cl4N2O4. The Balaban J connectivity index is 1.67. The number of alkyl halides is 4. The minimum atomic E-state index is -1.65. The van der Waals surface area contributed by atoms with Crippen molar-refractivity contribution in [2.75, 3.05) is 25.5 Å². The first kappa shape index (κ1) is 29.4. The number of piperidine rings is 2. The van der Waals surface area contributed by atoms with E-state index >= 15 is 0 Å². The molecule has 2 fully saturated rings. The fourth-order valence-corrected chi connectivity index (χ4v) is 5.50. The second-order valence-corrected chi connectivity index (χ2v) is 12.6. The van der Waals surface area contributed by atoms with Gasteiger partial charge >= 0.3 is 11.9 Å². The molecule has 3 atom stereocenters. The van der Waals surface area contributed by atoms with E-state index in [9.17, 15) is 9.59 Å². The van der Waals surface area contributed by atoms with Gasteiger partial charge in [-0.25, -0.2) is 4.79 Å². The zero-order valence-corrected chi connectivity index (χ0v) is 24.2. The highest BCUT2D eigenvalue weighted by atomic mass is 35.5. The van der Waals surface area contributed by atoms with E-state index in [1.807, 2.05) is 48.5 Å². The number of esters is 2. The van der Waals surface area contributed by atoms with E-state index < -0.39 is 32.9 Å². The quantitative estimate of drug-likeness (QED) is 0.298. The largest absolute Gasteiger partial charge is 0.453 e. The van der Waals surface area contributed by atoms with Gasteiger partial charge in [-0.15, -0.1) is 23.2 Å². The van der Waals surface area contributed by atoms with Gasteiger partial charge in [0.05, 0.1) is 0 Å². The van der Waals surface area contributed by atoms with Crippen molar-refractivity contribution in [1.29, 1.82) is 0 Å². The Morgan fingerprint density at radius 3 is 2.29 bits per heavy atom. The van der Waals surface area contributed by atoms with E-state index in [-0.39, 0.29) is 11.9 Å². The molecule has 2 N–H and O–H groups in total. The SMILES string of the molecule is CC(Cl)(Cl)C(=O)OC1(c2cccc(C3CC(OC(=O)C(Cl)CCl)(c4ccccc4)CCN3)c2)CCNCC1. The summed E-state index contributed by atoms with van der Waals surface area (Å²) in [7, 11) is 0. The Hall–Kier alpha value is -1.54. The Labute approximate surface area is 243 Å². The predicted octanol–water partition coefficient (Wildman–Crippen LogP) is 5.71. The van der Waals surface area contributed by atoms with Crippen molar-refractivity contribution in [3.8, 4) is 0 Å². The first-order chi connectivity index (χ1) is 18.1. The second kappa shape index (κ2) is 12.3. The smallest absolute Gasteiger partial charge is 0.343 e. The zero-order valence-electron chi connectivity index (χ0n) is 21.2. The lowest BCUT2D eigenvalue weighted by molar-refractivity contribution is -0.165. The number of hydrogen-bond donors (Lipinski definition) is 2. The third-order valence-corrected chi connectivity index (χ3v) is 8.42. The van der Waals surface area contributed by atoms with Crippen LogP contribution in [-0.2, 0) is 30.3 Å². The maximum absolute atomic E-state index is 12.8. The van der Waals surface area contributed by atoms with Crippen molar-refractivity contribution in [3.05, 3.63) is 71.3 Å². The molecule has 0 aliphatic carbocycles. The van der Waals surface area contributed by atoms with E-state index in [4.69, 9.17) is 55.9 Å². The summed E-state index contributed by atoms with van der Waals surface area (Å²) in [5.74, 6) is -1.24. The molecule has 2 aromatic carbocycles. The standard InChI is InChI=1S/C28H32Cl4N2O4/c1-26(31,32)25(36)38-27(10-13-33-14-11-27)21-9-5-6-19(16-21)23-17-28(12-15-34-23,20-7-3-2-4-8-20)37-24(35)22(30)18-29/h2-9,16,22-23,33-34H,10-15,17-18H2,1H3. The molecule has 10 heteroatoms. The van der Waals surface area contributed by atoms with E-state index in [2.05, 4.69) is 16.7 Å². The van der Waals surface area contributed by atoms with Gasteiger partial charge in [0.15, 0.2) is 0 Å². The van der Waals surface area contributed by atoms with Crippen molar-refractivity contribution in [3.63, 3.8) is 0 Å². The number of nitrogens with one attached hydrogen (secondary N) is 2. The molecule has 2 aliphatic rings. The van der Waals surface area contributed by atoms with E-state index in [1.165, 1.54) is 6.92 Å². The molecule has 2 saturated heterocycles. The first-order valence-corrected chi connectivity index (χ1v) is 14.5. The normalized spacial score (nSPS) is 24.3. The molecule has 0 spiro atoms. The summed E-state index contributed by atoms with van der Waals surface area (Å²) in [6, 6.07) is 17.6. The van der Waals surface area contributed by atoms with Crippen LogP contribution in [0.25, 0.3) is 0 Å². The molecule has 0 bridgehead atoms. The highest BCUT2D eigenvalue weighted by Gasteiger charge is 2.45. The molecule has 2 aromatic rings. The summed E-state index contributed by atoms with van der Waals surface area (Å²) < 4.78 is 10.5. The summed E-state index contributed by atoms with van der Waals surface area (Å²) in [6.45, 7) is 3.41. The first-order valence-electron chi connectivity index (χ1n) is 12.7. The Morgan fingerprint density at radius 1 is 0.974 bits per heavy atom. The van der Waals surface area contributed by atoms with Crippen LogP contribution in [0, 0.1) is 0 Å². The molecule has 206 valence electrons. The van der Waals surface area contributed by atoms with Crippen LogP contribution in [0.4, 0.5) is 0 Å². The Kier molecular flexibility index (Phi) is 9.55. The van der Waals surface area contributed by atoms with E-state index in [0.29, 0.717) is 45.3 Å². The van der Waals surface area contributed by atoms with Gasteiger partial charge in [-0.05, 0) is 43.2 Å². The molecule has 0 amide bonds. The van der Waals surface area contributed by atoms with Crippen LogP contribution in [0.15, 0.2) is 54.6 Å². The Bertz CT molecular complexity index is 1120. The summed E-state index contributed by atoms with van der Waals surface area (Å²) in [4.78, 5) is 25.6. The minimum Gasteiger partial charge on any atom is -0.453 e. The lowest BCUT2D eigenvalue weighted by atomic mass is 9.78. The van der Waals surface area contributed by atoms with Crippen LogP contribution in [0.1, 0.15) is 55.3 Å². The number of hydrogen-bond acceptors (Lipinski definition) is 6. The fraction of sp³-hybridized carbons (Fsp3) is 0.500.